The molecule has 1 aromatic heterocycles. The predicted molar refractivity (Wildman–Crippen MR) is 79.5 cm³/mol. The van der Waals surface area contributed by atoms with Gasteiger partial charge in [-0.2, -0.15) is 0 Å². The number of aldehydes is 1. The number of pyridine rings is 1. The Balaban J connectivity index is 2.54. The molecular formula is C17H21NO. The molecule has 0 spiro atoms. The first-order valence-corrected chi connectivity index (χ1v) is 6.75. The molecule has 1 unspecified atom stereocenters. The monoisotopic (exact) mass is 255 g/mol. The Bertz CT molecular complexity index is 596. The molecule has 0 aliphatic heterocycles. The van der Waals surface area contributed by atoms with Crippen LogP contribution in [0, 0.1) is 0 Å². The molecule has 0 fully saturated rings. The Morgan fingerprint density at radius 2 is 2.00 bits per heavy atom. The highest BCUT2D eigenvalue weighted by atomic mass is 16.1. The van der Waals surface area contributed by atoms with Gasteiger partial charge in [0.2, 0.25) is 0 Å². The molecule has 2 heteroatoms. The molecule has 0 aliphatic rings. The fourth-order valence-corrected chi connectivity index (χ4v) is 2.38. The minimum Gasteiger partial charge on any atom is -0.303 e. The van der Waals surface area contributed by atoms with Crippen LogP contribution in [0.15, 0.2) is 30.6 Å². The first kappa shape index (κ1) is 13.7. The molecule has 0 radical (unpaired) electrons. The van der Waals surface area contributed by atoms with Crippen LogP contribution in [0.1, 0.15) is 51.2 Å². The van der Waals surface area contributed by atoms with Gasteiger partial charge in [0.05, 0.1) is 0 Å². The van der Waals surface area contributed by atoms with Gasteiger partial charge in [0.1, 0.15) is 6.29 Å². The van der Waals surface area contributed by atoms with Crippen LogP contribution in [0.2, 0.25) is 0 Å². The van der Waals surface area contributed by atoms with E-state index in [0.29, 0.717) is 6.42 Å². The van der Waals surface area contributed by atoms with Gasteiger partial charge in [0.25, 0.3) is 0 Å². The lowest BCUT2D eigenvalue weighted by Crippen LogP contribution is -2.12. The van der Waals surface area contributed by atoms with E-state index < -0.39 is 0 Å². The Morgan fingerprint density at radius 3 is 2.63 bits per heavy atom. The van der Waals surface area contributed by atoms with Crippen LogP contribution in [-0.2, 0) is 10.2 Å². The highest BCUT2D eigenvalue weighted by Gasteiger charge is 2.17. The summed E-state index contributed by atoms with van der Waals surface area (Å²) < 4.78 is 0. The highest BCUT2D eigenvalue weighted by Crippen LogP contribution is 2.31. The summed E-state index contributed by atoms with van der Waals surface area (Å²) in [7, 11) is 0. The molecule has 1 atom stereocenters. The van der Waals surface area contributed by atoms with Crippen LogP contribution >= 0.6 is 0 Å². The summed E-state index contributed by atoms with van der Waals surface area (Å²) in [6.07, 6.45) is 5.41. The van der Waals surface area contributed by atoms with Crippen molar-refractivity contribution in [1.29, 1.82) is 0 Å². The molecule has 0 amide bonds. The molecule has 0 saturated heterocycles. The predicted octanol–water partition coefficient (Wildman–Crippen LogP) is 4.22. The maximum absolute atomic E-state index is 10.6. The zero-order chi connectivity index (χ0) is 14.0. The minimum absolute atomic E-state index is 0.0858. The van der Waals surface area contributed by atoms with Crippen molar-refractivity contribution in [2.45, 2.75) is 45.4 Å². The van der Waals surface area contributed by atoms with Gasteiger partial charge in [-0.3, -0.25) is 4.98 Å². The lowest BCUT2D eigenvalue weighted by molar-refractivity contribution is -0.108. The molecule has 2 nitrogen and oxygen atoms in total. The number of carbonyl (C=O) groups is 1. The van der Waals surface area contributed by atoms with E-state index in [4.69, 9.17) is 0 Å². The van der Waals surface area contributed by atoms with Crippen LogP contribution in [0.25, 0.3) is 10.8 Å². The van der Waals surface area contributed by atoms with Crippen LogP contribution in [0.4, 0.5) is 0 Å². The van der Waals surface area contributed by atoms with Crippen molar-refractivity contribution in [2.75, 3.05) is 0 Å². The molecule has 0 aliphatic carbocycles. The standard InChI is InChI=1S/C17H21NO/c1-12(7-8-19)13-5-6-15-14(9-13)10-18-11-16(15)17(2,3)4/h5-6,8-12H,7H2,1-4H3. The van der Waals surface area contributed by atoms with E-state index in [1.165, 1.54) is 16.5 Å². The lowest BCUT2D eigenvalue weighted by Gasteiger charge is -2.21. The topological polar surface area (TPSA) is 30.0 Å². The Hall–Kier alpha value is -1.70. The molecule has 19 heavy (non-hydrogen) atoms. The average molecular weight is 255 g/mol. The Morgan fingerprint density at radius 1 is 1.26 bits per heavy atom. The number of fused-ring (bicyclic) bond motifs is 1. The van der Waals surface area contributed by atoms with Crippen molar-refractivity contribution in [1.82, 2.24) is 4.98 Å². The second-order valence-electron chi connectivity index (χ2n) is 6.22. The normalized spacial score (nSPS) is 13.5. The number of hydrogen-bond acceptors (Lipinski definition) is 2. The second-order valence-corrected chi connectivity index (χ2v) is 6.22. The van der Waals surface area contributed by atoms with Crippen molar-refractivity contribution < 1.29 is 4.79 Å². The van der Waals surface area contributed by atoms with Gasteiger partial charge in [-0.25, -0.2) is 0 Å². The summed E-state index contributed by atoms with van der Waals surface area (Å²) in [5, 5.41) is 2.41. The van der Waals surface area contributed by atoms with Gasteiger partial charge in [0, 0.05) is 24.2 Å². The largest absolute Gasteiger partial charge is 0.303 e. The third-order valence-corrected chi connectivity index (χ3v) is 3.61. The van der Waals surface area contributed by atoms with Crippen molar-refractivity contribution in [3.63, 3.8) is 0 Å². The van der Waals surface area contributed by atoms with Gasteiger partial charge in [-0.05, 0) is 33.9 Å². The number of aromatic nitrogens is 1. The molecule has 0 N–H and O–H groups in total. The number of rotatable bonds is 3. The highest BCUT2D eigenvalue weighted by molar-refractivity contribution is 5.86. The van der Waals surface area contributed by atoms with E-state index in [9.17, 15) is 4.79 Å². The minimum atomic E-state index is 0.0858. The fraction of sp³-hybridized carbons (Fsp3) is 0.412. The van der Waals surface area contributed by atoms with E-state index >= 15 is 0 Å². The second kappa shape index (κ2) is 5.12. The summed E-state index contributed by atoms with van der Waals surface area (Å²) in [6.45, 7) is 8.68. The third-order valence-electron chi connectivity index (χ3n) is 3.61. The van der Waals surface area contributed by atoms with E-state index in [1.807, 2.05) is 12.4 Å². The zero-order valence-corrected chi connectivity index (χ0v) is 12.1. The summed E-state index contributed by atoms with van der Waals surface area (Å²) in [5.74, 6) is 0.264. The molecular weight excluding hydrogens is 234 g/mol. The van der Waals surface area contributed by atoms with Crippen molar-refractivity contribution in [3.05, 3.63) is 41.7 Å². The number of nitrogens with zero attached hydrogens (tertiary/aromatic N) is 1. The summed E-state index contributed by atoms with van der Waals surface area (Å²) in [5.41, 5.74) is 2.55. The lowest BCUT2D eigenvalue weighted by atomic mass is 9.84. The fourth-order valence-electron chi connectivity index (χ4n) is 2.38. The number of hydrogen-bond donors (Lipinski definition) is 0. The maximum atomic E-state index is 10.6. The quantitative estimate of drug-likeness (QED) is 0.768. The maximum Gasteiger partial charge on any atom is 0.120 e. The van der Waals surface area contributed by atoms with E-state index in [2.05, 4.69) is 50.9 Å². The van der Waals surface area contributed by atoms with Crippen molar-refractivity contribution in [2.24, 2.45) is 0 Å². The van der Waals surface area contributed by atoms with Crippen molar-refractivity contribution >= 4 is 17.1 Å². The molecule has 1 aromatic carbocycles. The first-order chi connectivity index (χ1) is 8.93. The molecule has 100 valence electrons. The van der Waals surface area contributed by atoms with Crippen LogP contribution in [0.5, 0.6) is 0 Å². The summed E-state index contributed by atoms with van der Waals surface area (Å²) >= 11 is 0. The number of carbonyl (C=O) groups excluding carboxylic acids is 1. The molecule has 2 rings (SSSR count). The third kappa shape index (κ3) is 2.83. The average Bonchev–Trinajstić information content (AvgIpc) is 2.36. The van der Waals surface area contributed by atoms with Gasteiger partial charge in [-0.1, -0.05) is 39.8 Å². The van der Waals surface area contributed by atoms with Crippen LogP contribution in [0.3, 0.4) is 0 Å². The van der Waals surface area contributed by atoms with E-state index in [0.717, 1.165) is 11.7 Å². The van der Waals surface area contributed by atoms with Gasteiger partial charge < -0.3 is 4.79 Å². The van der Waals surface area contributed by atoms with Gasteiger partial charge in [-0.15, -0.1) is 0 Å². The molecule has 1 heterocycles. The van der Waals surface area contributed by atoms with Crippen LogP contribution in [-0.4, -0.2) is 11.3 Å². The zero-order valence-electron chi connectivity index (χ0n) is 12.1. The Labute approximate surface area is 114 Å². The summed E-state index contributed by atoms with van der Waals surface area (Å²) in [4.78, 5) is 15.0. The van der Waals surface area contributed by atoms with E-state index in [1.54, 1.807) is 0 Å². The number of benzene rings is 1. The summed E-state index contributed by atoms with van der Waals surface area (Å²) in [6, 6.07) is 6.45. The van der Waals surface area contributed by atoms with E-state index in [-0.39, 0.29) is 11.3 Å². The van der Waals surface area contributed by atoms with Gasteiger partial charge in [0.15, 0.2) is 0 Å². The smallest absolute Gasteiger partial charge is 0.120 e. The Kier molecular flexibility index (Phi) is 3.70. The SMILES string of the molecule is CC(CC=O)c1ccc2c(C(C)(C)C)cncc2c1. The van der Waals surface area contributed by atoms with Crippen LogP contribution < -0.4 is 0 Å². The molecule has 0 saturated carbocycles. The molecule has 2 aromatic rings. The van der Waals surface area contributed by atoms with Crippen molar-refractivity contribution in [3.8, 4) is 0 Å². The molecule has 0 bridgehead atoms. The first-order valence-electron chi connectivity index (χ1n) is 6.75. The van der Waals surface area contributed by atoms with Gasteiger partial charge >= 0.3 is 0 Å².